The molecule has 1 amide bonds. The Balaban J connectivity index is 0.000000701. The molecule has 1 atom stereocenters. The van der Waals surface area contributed by atoms with E-state index in [-0.39, 0.29) is 25.0 Å². The number of nitrogens with zero attached hydrogens (tertiary/aromatic N) is 1. The van der Waals surface area contributed by atoms with Gasteiger partial charge in [-0.1, -0.05) is 48.5 Å². The molecular weight excluding hydrogens is 323 g/mol. The van der Waals surface area contributed by atoms with Gasteiger partial charge in [-0.05, 0) is 30.0 Å². The number of halogens is 1. The lowest BCUT2D eigenvalue weighted by molar-refractivity contribution is -0.122. The summed E-state index contributed by atoms with van der Waals surface area (Å²) >= 11 is 0. The molecule has 2 N–H and O–H groups in total. The van der Waals surface area contributed by atoms with Gasteiger partial charge in [0, 0.05) is 18.7 Å². The van der Waals surface area contributed by atoms with Crippen molar-refractivity contribution in [3.05, 3.63) is 71.3 Å². The Labute approximate surface area is 146 Å². The number of hydrogen-bond donors (Lipinski definition) is 2. The van der Waals surface area contributed by atoms with E-state index in [4.69, 9.17) is 9.90 Å². The van der Waals surface area contributed by atoms with Crippen molar-refractivity contribution >= 4 is 12.4 Å². The maximum atomic E-state index is 12.8. The van der Waals surface area contributed by atoms with Gasteiger partial charge in [-0.3, -0.25) is 9.59 Å². The van der Waals surface area contributed by atoms with Crippen LogP contribution in [-0.2, 0) is 11.2 Å². The quantitative estimate of drug-likeness (QED) is 0.497. The number of fused-ring (bicyclic) bond motifs is 1. The fraction of sp³-hybridized carbons (Fsp3) is 0.263. The van der Waals surface area contributed by atoms with Gasteiger partial charge in [0.1, 0.15) is 0 Å². The highest BCUT2D eigenvalue weighted by atomic mass is 19.2. The molecule has 6 heteroatoms. The number of hydrogen-bond acceptors (Lipinski definition) is 3. The van der Waals surface area contributed by atoms with Crippen molar-refractivity contribution in [2.45, 2.75) is 18.9 Å². The molecule has 1 aliphatic heterocycles. The van der Waals surface area contributed by atoms with Gasteiger partial charge in [-0.25, -0.2) is 0 Å². The normalized spacial score (nSPS) is 15.8. The first-order chi connectivity index (χ1) is 12.2. The molecular formula is C19H21FN2O3. The predicted octanol–water partition coefficient (Wildman–Crippen LogP) is 2.99. The highest BCUT2D eigenvalue weighted by Gasteiger charge is 2.32. The molecule has 0 unspecified atom stereocenters. The van der Waals surface area contributed by atoms with Crippen LogP contribution in [0, 0.1) is 0 Å². The number of carboxylic acid groups (broad SMARTS) is 1. The van der Waals surface area contributed by atoms with Crippen LogP contribution in [0.1, 0.15) is 33.9 Å². The van der Waals surface area contributed by atoms with E-state index in [1.807, 2.05) is 59.5 Å². The molecule has 0 aliphatic carbocycles. The van der Waals surface area contributed by atoms with E-state index in [9.17, 15) is 9.28 Å². The number of nitrogens with one attached hydrogen (secondary N) is 1. The van der Waals surface area contributed by atoms with Crippen LogP contribution in [0.3, 0.4) is 0 Å². The van der Waals surface area contributed by atoms with E-state index in [2.05, 4.69) is 0 Å². The van der Waals surface area contributed by atoms with Crippen LogP contribution < -0.4 is 5.54 Å². The van der Waals surface area contributed by atoms with Gasteiger partial charge < -0.3 is 10.0 Å². The Morgan fingerprint density at radius 2 is 1.80 bits per heavy atom. The van der Waals surface area contributed by atoms with Crippen LogP contribution in [0.15, 0.2) is 54.6 Å². The topological polar surface area (TPSA) is 69.6 Å². The zero-order valence-electron chi connectivity index (χ0n) is 13.8. The van der Waals surface area contributed by atoms with Crippen LogP contribution in [0.25, 0.3) is 0 Å². The predicted molar refractivity (Wildman–Crippen MR) is 92.8 cm³/mol. The summed E-state index contributed by atoms with van der Waals surface area (Å²) in [6.07, 6.45) is 1.39. The minimum atomic E-state index is -0.250. The average molecular weight is 344 g/mol. The van der Waals surface area contributed by atoms with Gasteiger partial charge in [-0.2, -0.15) is 5.54 Å². The van der Waals surface area contributed by atoms with Crippen LogP contribution in [-0.4, -0.2) is 35.5 Å². The zero-order chi connectivity index (χ0) is 18.1. The van der Waals surface area contributed by atoms with Crippen molar-refractivity contribution in [3.63, 3.8) is 0 Å². The van der Waals surface area contributed by atoms with Gasteiger partial charge in [0.15, 0.2) is 0 Å². The lowest BCUT2D eigenvalue weighted by Gasteiger charge is -2.37. The third-order valence-corrected chi connectivity index (χ3v) is 4.15. The molecule has 25 heavy (non-hydrogen) atoms. The van der Waals surface area contributed by atoms with Gasteiger partial charge in [0.25, 0.3) is 12.4 Å². The van der Waals surface area contributed by atoms with Crippen molar-refractivity contribution in [1.82, 2.24) is 10.4 Å². The molecule has 0 radical (unpaired) electrons. The Hall–Kier alpha value is -2.73. The second-order valence-corrected chi connectivity index (χ2v) is 5.63. The Morgan fingerprint density at radius 3 is 2.48 bits per heavy atom. The van der Waals surface area contributed by atoms with E-state index in [0.29, 0.717) is 13.0 Å². The SMILES string of the molecule is O=C1c2ccccc2C[C@H](c2ccccc2)N1CCCNF.O=CO. The summed E-state index contributed by atoms with van der Waals surface area (Å²) in [6.45, 7) is 0.552. The van der Waals surface area contributed by atoms with Crippen molar-refractivity contribution in [2.75, 3.05) is 13.1 Å². The molecule has 0 fully saturated rings. The van der Waals surface area contributed by atoms with Gasteiger partial charge in [0.2, 0.25) is 0 Å². The molecule has 0 saturated carbocycles. The summed E-state index contributed by atoms with van der Waals surface area (Å²) in [5.74, 6) is 0.0366. The highest BCUT2D eigenvalue weighted by molar-refractivity contribution is 5.97. The summed E-state index contributed by atoms with van der Waals surface area (Å²) in [4.78, 5) is 23.0. The van der Waals surface area contributed by atoms with Crippen molar-refractivity contribution in [2.24, 2.45) is 0 Å². The summed E-state index contributed by atoms with van der Waals surface area (Å²) in [5, 5.41) is 6.89. The molecule has 132 valence electrons. The molecule has 2 aromatic rings. The van der Waals surface area contributed by atoms with E-state index < -0.39 is 0 Å². The molecule has 0 aromatic heterocycles. The Kier molecular flexibility index (Phi) is 7.10. The van der Waals surface area contributed by atoms with E-state index in [1.165, 1.54) is 0 Å². The number of carbonyl (C=O) groups excluding carboxylic acids is 1. The molecule has 0 bridgehead atoms. The molecule has 2 aromatic carbocycles. The van der Waals surface area contributed by atoms with E-state index >= 15 is 0 Å². The van der Waals surface area contributed by atoms with Gasteiger partial charge in [0.05, 0.1) is 6.04 Å². The first-order valence-electron chi connectivity index (χ1n) is 8.08. The summed E-state index contributed by atoms with van der Waals surface area (Å²) in [7, 11) is 0. The number of carbonyl (C=O) groups is 2. The summed E-state index contributed by atoms with van der Waals surface area (Å²) < 4.78 is 12.2. The fourth-order valence-electron chi connectivity index (χ4n) is 3.07. The van der Waals surface area contributed by atoms with Gasteiger partial charge >= 0.3 is 0 Å². The second kappa shape index (κ2) is 9.54. The zero-order valence-corrected chi connectivity index (χ0v) is 13.8. The largest absolute Gasteiger partial charge is 0.483 e. The second-order valence-electron chi connectivity index (χ2n) is 5.63. The summed E-state index contributed by atoms with van der Waals surface area (Å²) in [5.41, 5.74) is 4.63. The molecule has 1 aliphatic rings. The maximum Gasteiger partial charge on any atom is 0.290 e. The molecule has 3 rings (SSSR count). The van der Waals surface area contributed by atoms with Crippen LogP contribution in [0.2, 0.25) is 0 Å². The minimum Gasteiger partial charge on any atom is -0.483 e. The minimum absolute atomic E-state index is 0.0169. The lowest BCUT2D eigenvalue weighted by atomic mass is 9.89. The number of benzene rings is 2. The number of rotatable bonds is 5. The smallest absolute Gasteiger partial charge is 0.290 e. The summed E-state index contributed by atoms with van der Waals surface area (Å²) in [6, 6.07) is 17.8. The standard InChI is InChI=1S/C18H19FN2O.CH2O2/c19-20-11-6-12-21-17(14-7-2-1-3-8-14)13-15-9-4-5-10-16(15)18(21)22;2-1-3/h1-5,7-10,17,20H,6,11-13H2;1H,(H,2,3)/t17-;/m1./s1. The first kappa shape index (κ1) is 18.6. The highest BCUT2D eigenvalue weighted by Crippen LogP contribution is 2.33. The van der Waals surface area contributed by atoms with Crippen molar-refractivity contribution < 1.29 is 19.2 Å². The lowest BCUT2D eigenvalue weighted by Crippen LogP contribution is -2.41. The van der Waals surface area contributed by atoms with Gasteiger partial charge in [-0.15, -0.1) is 4.48 Å². The van der Waals surface area contributed by atoms with Crippen molar-refractivity contribution in [1.29, 1.82) is 0 Å². The Morgan fingerprint density at radius 1 is 1.16 bits per heavy atom. The van der Waals surface area contributed by atoms with Crippen LogP contribution in [0.5, 0.6) is 0 Å². The maximum absolute atomic E-state index is 12.8. The molecule has 0 saturated heterocycles. The van der Waals surface area contributed by atoms with Crippen LogP contribution in [0.4, 0.5) is 4.48 Å². The average Bonchev–Trinajstić information content (AvgIpc) is 2.65. The molecule has 0 spiro atoms. The van der Waals surface area contributed by atoms with E-state index in [1.54, 1.807) is 5.54 Å². The first-order valence-corrected chi connectivity index (χ1v) is 8.08. The molecule has 5 nitrogen and oxygen atoms in total. The number of amides is 1. The van der Waals surface area contributed by atoms with E-state index in [0.717, 1.165) is 23.1 Å². The van der Waals surface area contributed by atoms with Crippen molar-refractivity contribution in [3.8, 4) is 0 Å². The fourth-order valence-corrected chi connectivity index (χ4v) is 3.07. The molecule has 1 heterocycles. The third kappa shape index (κ3) is 4.64. The monoisotopic (exact) mass is 344 g/mol. The Bertz CT molecular complexity index is 694. The van der Waals surface area contributed by atoms with Crippen LogP contribution >= 0.6 is 0 Å². The third-order valence-electron chi connectivity index (χ3n) is 4.15.